The van der Waals surface area contributed by atoms with Crippen LogP contribution in [0.5, 0.6) is 0 Å². The topological polar surface area (TPSA) is 37.1 Å². The van der Waals surface area contributed by atoms with E-state index in [9.17, 15) is 8.42 Å². The fraction of sp³-hybridized carbons (Fsp3) is 1.00. The van der Waals surface area contributed by atoms with Crippen LogP contribution in [0.3, 0.4) is 0 Å². The molecule has 84 valence electrons. The quantitative estimate of drug-likeness (QED) is 0.678. The van der Waals surface area contributed by atoms with Crippen molar-refractivity contribution < 1.29 is 8.42 Å². The van der Waals surface area contributed by atoms with Gasteiger partial charge < -0.3 is 0 Å². The predicted molar refractivity (Wildman–Crippen MR) is 58.7 cm³/mol. The summed E-state index contributed by atoms with van der Waals surface area (Å²) in [5.41, 5.74) is 0. The fourth-order valence-corrected chi connectivity index (χ4v) is 3.05. The monoisotopic (exact) mass is 219 g/mol. The molecule has 0 radical (unpaired) electrons. The number of hydrogen-bond donors (Lipinski definition) is 0. The average molecular weight is 219 g/mol. The van der Waals surface area contributed by atoms with E-state index >= 15 is 0 Å². The summed E-state index contributed by atoms with van der Waals surface area (Å²) in [6.45, 7) is 8.15. The Morgan fingerprint density at radius 3 is 2.36 bits per heavy atom. The van der Waals surface area contributed by atoms with E-state index in [1.54, 1.807) is 25.1 Å². The van der Waals surface area contributed by atoms with Gasteiger partial charge in [-0.3, -0.25) is 0 Å². The zero-order valence-electron chi connectivity index (χ0n) is 9.58. The van der Waals surface area contributed by atoms with Gasteiger partial charge in [0.1, 0.15) is 0 Å². The van der Waals surface area contributed by atoms with Crippen molar-refractivity contribution in [1.82, 2.24) is 4.31 Å². The highest BCUT2D eigenvalue weighted by Gasteiger charge is 2.48. The minimum Gasteiger partial charge on any atom is -0.212 e. The Morgan fingerprint density at radius 2 is 1.93 bits per heavy atom. The zero-order valence-corrected chi connectivity index (χ0v) is 10.4. The summed E-state index contributed by atoms with van der Waals surface area (Å²) >= 11 is 0. The third-order valence-electron chi connectivity index (χ3n) is 2.64. The molecule has 1 aliphatic rings. The molecule has 1 saturated heterocycles. The SMILES string of the molecule is CCCCC1CN1S(=O)(=O)C(C)(C)C. The maximum atomic E-state index is 11.9. The lowest BCUT2D eigenvalue weighted by molar-refractivity contribution is 0.509. The van der Waals surface area contributed by atoms with Gasteiger partial charge in [0.15, 0.2) is 0 Å². The van der Waals surface area contributed by atoms with E-state index in [4.69, 9.17) is 0 Å². The Balaban J connectivity index is 2.55. The van der Waals surface area contributed by atoms with E-state index in [2.05, 4.69) is 6.92 Å². The minimum absolute atomic E-state index is 0.291. The van der Waals surface area contributed by atoms with E-state index in [1.165, 1.54) is 0 Å². The lowest BCUT2D eigenvalue weighted by atomic mass is 10.2. The summed E-state index contributed by atoms with van der Waals surface area (Å²) in [4.78, 5) is 0. The summed E-state index contributed by atoms with van der Waals surface area (Å²) in [6, 6.07) is 0.291. The van der Waals surface area contributed by atoms with E-state index in [0.29, 0.717) is 6.04 Å². The molecule has 0 aromatic heterocycles. The number of sulfonamides is 1. The second-order valence-corrected chi connectivity index (χ2v) is 7.63. The largest absolute Gasteiger partial charge is 0.219 e. The standard InChI is InChI=1S/C10H21NO2S/c1-5-6-7-9-8-11(9)14(12,13)10(2,3)4/h9H,5-8H2,1-4H3. The highest BCUT2D eigenvalue weighted by molar-refractivity contribution is 7.90. The molecule has 0 bridgehead atoms. The normalized spacial score (nSPS) is 27.7. The molecule has 4 heteroatoms. The van der Waals surface area contributed by atoms with E-state index in [0.717, 1.165) is 25.8 Å². The van der Waals surface area contributed by atoms with E-state index in [-0.39, 0.29) is 0 Å². The maximum Gasteiger partial charge on any atom is 0.219 e. The third-order valence-corrected chi connectivity index (χ3v) is 5.25. The van der Waals surface area contributed by atoms with Gasteiger partial charge in [-0.05, 0) is 27.2 Å². The molecule has 3 nitrogen and oxygen atoms in total. The summed E-state index contributed by atoms with van der Waals surface area (Å²) in [5, 5.41) is 0. The van der Waals surface area contributed by atoms with Crippen LogP contribution in [-0.2, 0) is 10.0 Å². The van der Waals surface area contributed by atoms with Crippen molar-refractivity contribution in [3.05, 3.63) is 0 Å². The molecule has 1 fully saturated rings. The molecule has 2 atom stereocenters. The summed E-state index contributed by atoms with van der Waals surface area (Å²) in [6.07, 6.45) is 3.28. The van der Waals surface area contributed by atoms with Crippen LogP contribution >= 0.6 is 0 Å². The summed E-state index contributed by atoms with van der Waals surface area (Å²) in [5.74, 6) is 0. The fourth-order valence-electron chi connectivity index (χ4n) is 1.48. The first-order valence-electron chi connectivity index (χ1n) is 5.32. The van der Waals surface area contributed by atoms with Gasteiger partial charge in [-0.1, -0.05) is 19.8 Å². The number of unbranched alkanes of at least 4 members (excludes halogenated alkanes) is 1. The van der Waals surface area contributed by atoms with Crippen LogP contribution in [0.25, 0.3) is 0 Å². The van der Waals surface area contributed by atoms with Gasteiger partial charge in [0.05, 0.1) is 4.75 Å². The van der Waals surface area contributed by atoms with Gasteiger partial charge in [0.2, 0.25) is 10.0 Å². The maximum absolute atomic E-state index is 11.9. The molecule has 14 heavy (non-hydrogen) atoms. The molecule has 0 aromatic carbocycles. The van der Waals surface area contributed by atoms with Crippen LogP contribution in [-0.4, -0.2) is 30.1 Å². The Morgan fingerprint density at radius 1 is 1.36 bits per heavy atom. The lowest BCUT2D eigenvalue weighted by Crippen LogP contribution is -2.34. The molecular formula is C10H21NO2S. The Hall–Kier alpha value is -0.0900. The first-order valence-corrected chi connectivity index (χ1v) is 6.76. The minimum atomic E-state index is -3.05. The van der Waals surface area contributed by atoms with Gasteiger partial charge in [0.25, 0.3) is 0 Å². The molecule has 0 aromatic rings. The first kappa shape index (κ1) is 12.0. The highest BCUT2D eigenvalue weighted by atomic mass is 32.2. The van der Waals surface area contributed by atoms with Crippen molar-refractivity contribution >= 4 is 10.0 Å². The van der Waals surface area contributed by atoms with Crippen LogP contribution < -0.4 is 0 Å². The molecule has 1 heterocycles. The third kappa shape index (κ3) is 2.28. The average Bonchev–Trinajstić information content (AvgIpc) is 2.77. The molecule has 0 amide bonds. The van der Waals surface area contributed by atoms with Crippen LogP contribution in [0.4, 0.5) is 0 Å². The Labute approximate surface area is 87.5 Å². The number of nitrogens with zero attached hydrogens (tertiary/aromatic N) is 1. The van der Waals surface area contributed by atoms with Crippen molar-refractivity contribution in [3.8, 4) is 0 Å². The van der Waals surface area contributed by atoms with E-state index in [1.807, 2.05) is 0 Å². The van der Waals surface area contributed by atoms with Crippen LogP contribution in [0.2, 0.25) is 0 Å². The number of rotatable bonds is 4. The van der Waals surface area contributed by atoms with Crippen LogP contribution in [0, 0.1) is 0 Å². The van der Waals surface area contributed by atoms with E-state index < -0.39 is 14.8 Å². The van der Waals surface area contributed by atoms with Gasteiger partial charge in [-0.25, -0.2) is 8.42 Å². The van der Waals surface area contributed by atoms with Gasteiger partial charge in [0, 0.05) is 12.6 Å². The molecule has 1 aliphatic heterocycles. The lowest BCUT2D eigenvalue weighted by Gasteiger charge is -2.20. The van der Waals surface area contributed by atoms with Crippen molar-refractivity contribution in [2.75, 3.05) is 6.54 Å². The molecular weight excluding hydrogens is 198 g/mol. The zero-order chi connectivity index (χ0) is 11.0. The second kappa shape index (κ2) is 3.81. The van der Waals surface area contributed by atoms with Crippen molar-refractivity contribution in [2.45, 2.75) is 57.7 Å². The van der Waals surface area contributed by atoms with Gasteiger partial charge in [-0.15, -0.1) is 0 Å². The van der Waals surface area contributed by atoms with Crippen molar-refractivity contribution in [3.63, 3.8) is 0 Å². The van der Waals surface area contributed by atoms with Crippen molar-refractivity contribution in [1.29, 1.82) is 0 Å². The molecule has 0 aliphatic carbocycles. The predicted octanol–water partition coefficient (Wildman–Crippen LogP) is 1.99. The molecule has 0 spiro atoms. The highest BCUT2D eigenvalue weighted by Crippen LogP contribution is 2.33. The Bertz CT molecular complexity index is 290. The Kier molecular flexibility index (Phi) is 3.26. The second-order valence-electron chi connectivity index (χ2n) is 4.98. The van der Waals surface area contributed by atoms with Gasteiger partial charge >= 0.3 is 0 Å². The summed E-state index contributed by atoms with van der Waals surface area (Å²) < 4.78 is 24.8. The van der Waals surface area contributed by atoms with Crippen LogP contribution in [0.15, 0.2) is 0 Å². The number of hydrogen-bond acceptors (Lipinski definition) is 2. The molecule has 0 saturated carbocycles. The van der Waals surface area contributed by atoms with Gasteiger partial charge in [-0.2, -0.15) is 4.31 Å². The smallest absolute Gasteiger partial charge is 0.212 e. The first-order chi connectivity index (χ1) is 6.30. The molecule has 0 N–H and O–H groups in total. The van der Waals surface area contributed by atoms with Crippen molar-refractivity contribution in [2.24, 2.45) is 0 Å². The van der Waals surface area contributed by atoms with Crippen LogP contribution in [0.1, 0.15) is 47.0 Å². The molecule has 2 unspecified atom stereocenters. The summed E-state index contributed by atoms with van der Waals surface area (Å²) in [7, 11) is -3.05. The molecule has 1 rings (SSSR count).